The third-order valence-corrected chi connectivity index (χ3v) is 7.95. The van der Waals surface area contributed by atoms with Crippen molar-refractivity contribution < 1.29 is 17.9 Å². The first-order chi connectivity index (χ1) is 16.7. The fourth-order valence-electron chi connectivity index (χ4n) is 3.90. The van der Waals surface area contributed by atoms with Crippen molar-refractivity contribution in [3.63, 3.8) is 0 Å². The average molecular weight is 519 g/mol. The quantitative estimate of drug-likeness (QED) is 0.447. The zero-order valence-corrected chi connectivity index (χ0v) is 21.7. The van der Waals surface area contributed by atoms with Gasteiger partial charge >= 0.3 is 0 Å². The molecule has 35 heavy (non-hydrogen) atoms. The number of thiazole rings is 1. The largest absolute Gasteiger partial charge is 0.492 e. The van der Waals surface area contributed by atoms with Gasteiger partial charge in [0.05, 0.1) is 17.6 Å². The Morgan fingerprint density at radius 1 is 1.37 bits per heavy atom. The van der Waals surface area contributed by atoms with Crippen molar-refractivity contribution in [2.45, 2.75) is 18.8 Å². The molecule has 10 nitrogen and oxygen atoms in total. The molecule has 0 saturated carbocycles. The van der Waals surface area contributed by atoms with Crippen molar-refractivity contribution in [3.8, 4) is 16.3 Å². The van der Waals surface area contributed by atoms with Crippen LogP contribution in [0, 0.1) is 0 Å². The molecular formula is C23H30N6O4S2. The fourth-order valence-corrected chi connectivity index (χ4v) is 5.74. The number of nitrogens with one attached hydrogen (secondary N) is 2. The highest BCUT2D eigenvalue weighted by molar-refractivity contribution is 7.88. The van der Waals surface area contributed by atoms with E-state index in [0.29, 0.717) is 31.1 Å². The number of imidazole rings is 1. The number of anilines is 1. The van der Waals surface area contributed by atoms with E-state index in [1.54, 1.807) is 12.3 Å². The molecule has 0 radical (unpaired) electrons. The Kier molecular flexibility index (Phi) is 7.85. The second-order valence-corrected chi connectivity index (χ2v) is 11.6. The topological polar surface area (TPSA) is 121 Å². The third kappa shape index (κ3) is 6.45. The molecule has 0 aliphatic carbocycles. The average Bonchev–Trinajstić information content (AvgIpc) is 3.52. The van der Waals surface area contributed by atoms with Crippen molar-refractivity contribution in [2.24, 2.45) is 0 Å². The lowest BCUT2D eigenvalue weighted by Crippen LogP contribution is -2.38. The van der Waals surface area contributed by atoms with Gasteiger partial charge < -0.3 is 19.9 Å². The van der Waals surface area contributed by atoms with Gasteiger partial charge in [0, 0.05) is 48.9 Å². The highest BCUT2D eigenvalue weighted by atomic mass is 32.2. The number of piperidine rings is 1. The van der Waals surface area contributed by atoms with E-state index in [0.717, 1.165) is 35.7 Å². The van der Waals surface area contributed by atoms with E-state index in [4.69, 9.17) is 9.72 Å². The Morgan fingerprint density at radius 3 is 2.91 bits per heavy atom. The summed E-state index contributed by atoms with van der Waals surface area (Å²) in [4.78, 5) is 26.4. The van der Waals surface area contributed by atoms with E-state index in [1.807, 2.05) is 36.5 Å². The molecular weight excluding hydrogens is 488 g/mol. The van der Waals surface area contributed by atoms with Gasteiger partial charge in [-0.25, -0.2) is 22.7 Å². The van der Waals surface area contributed by atoms with Crippen LogP contribution in [0.3, 0.4) is 0 Å². The molecule has 1 aliphatic rings. The van der Waals surface area contributed by atoms with Gasteiger partial charge in [-0.05, 0) is 45.1 Å². The SMILES string of the molecule is CN(C)CCOc1ccc(NC(=O)c2ncc[nH]2)c(-c2nc([C@H]3CCCN(S(C)(=O)=O)C3)cs2)c1. The third-order valence-electron chi connectivity index (χ3n) is 5.78. The first-order valence-corrected chi connectivity index (χ1v) is 14.1. The molecule has 3 heterocycles. The number of nitrogens with zero attached hydrogens (tertiary/aromatic N) is 4. The number of aromatic amines is 1. The number of benzene rings is 1. The Morgan fingerprint density at radius 2 is 2.20 bits per heavy atom. The predicted octanol–water partition coefficient (Wildman–Crippen LogP) is 2.86. The first kappa shape index (κ1) is 25.3. The van der Waals surface area contributed by atoms with Crippen molar-refractivity contribution in [3.05, 3.63) is 47.5 Å². The number of hydrogen-bond donors (Lipinski definition) is 2. The summed E-state index contributed by atoms with van der Waals surface area (Å²) < 4.78 is 31.5. The van der Waals surface area contributed by atoms with E-state index >= 15 is 0 Å². The lowest BCUT2D eigenvalue weighted by molar-refractivity contribution is 0.101. The summed E-state index contributed by atoms with van der Waals surface area (Å²) in [6.45, 7) is 2.27. The minimum atomic E-state index is -3.24. The molecule has 2 N–H and O–H groups in total. The summed E-state index contributed by atoms with van der Waals surface area (Å²) in [5, 5.41) is 5.61. The van der Waals surface area contributed by atoms with E-state index in [-0.39, 0.29) is 17.6 Å². The molecule has 3 aromatic rings. The highest BCUT2D eigenvalue weighted by Crippen LogP contribution is 2.37. The summed E-state index contributed by atoms with van der Waals surface area (Å²) in [6.07, 6.45) is 6.04. The van der Waals surface area contributed by atoms with Crippen molar-refractivity contribution in [1.82, 2.24) is 24.2 Å². The number of hydrogen-bond acceptors (Lipinski definition) is 8. The molecule has 188 valence electrons. The Labute approximate surface area is 209 Å². The highest BCUT2D eigenvalue weighted by Gasteiger charge is 2.28. The number of likely N-dealkylation sites (N-methyl/N-ethyl adjacent to an activating group) is 1. The predicted molar refractivity (Wildman–Crippen MR) is 137 cm³/mol. The molecule has 0 bridgehead atoms. The van der Waals surface area contributed by atoms with Gasteiger partial charge in [0.2, 0.25) is 10.0 Å². The van der Waals surface area contributed by atoms with Crippen LogP contribution >= 0.6 is 11.3 Å². The molecule has 2 aromatic heterocycles. The van der Waals surface area contributed by atoms with Crippen molar-refractivity contribution in [1.29, 1.82) is 0 Å². The van der Waals surface area contributed by atoms with Crippen LogP contribution in [-0.4, -0.2) is 85.1 Å². The van der Waals surface area contributed by atoms with Gasteiger partial charge in [0.25, 0.3) is 5.91 Å². The Hall–Kier alpha value is -2.80. The molecule has 12 heteroatoms. The van der Waals surface area contributed by atoms with Gasteiger partial charge in [-0.3, -0.25) is 4.79 Å². The summed E-state index contributed by atoms with van der Waals surface area (Å²) in [7, 11) is 0.721. The minimum absolute atomic E-state index is 0.0316. The first-order valence-electron chi connectivity index (χ1n) is 11.3. The van der Waals surface area contributed by atoms with Crippen molar-refractivity contribution in [2.75, 3.05) is 51.9 Å². The number of aromatic nitrogens is 3. The van der Waals surface area contributed by atoms with Crippen LogP contribution in [0.4, 0.5) is 5.69 Å². The molecule has 1 aliphatic heterocycles. The van der Waals surface area contributed by atoms with Gasteiger partial charge in [-0.1, -0.05) is 0 Å². The molecule has 4 rings (SSSR count). The number of ether oxygens (including phenoxy) is 1. The maximum Gasteiger partial charge on any atom is 0.291 e. The van der Waals surface area contributed by atoms with Gasteiger partial charge in [0.15, 0.2) is 5.82 Å². The van der Waals surface area contributed by atoms with Gasteiger partial charge in [-0.15, -0.1) is 11.3 Å². The van der Waals surface area contributed by atoms with Crippen LogP contribution in [0.25, 0.3) is 10.6 Å². The standard InChI is InChI=1S/C23H30N6O4S2/c1-28(2)11-12-33-17-6-7-19(26-22(30)21-24-8-9-25-21)18(13-17)23-27-20(15-34-23)16-5-4-10-29(14-16)35(3,31)32/h6-9,13,15-16H,4-5,10-12,14H2,1-3H3,(H,24,25)(H,26,30)/t16-/m0/s1. The van der Waals surface area contributed by atoms with E-state index in [9.17, 15) is 13.2 Å². The second kappa shape index (κ2) is 10.9. The lowest BCUT2D eigenvalue weighted by atomic mass is 9.97. The molecule has 1 fully saturated rings. The van der Waals surface area contributed by atoms with Crippen LogP contribution in [0.1, 0.15) is 35.1 Å². The van der Waals surface area contributed by atoms with Gasteiger partial charge in [-0.2, -0.15) is 0 Å². The number of carbonyl (C=O) groups excluding carboxylic acids is 1. The molecule has 1 atom stereocenters. The van der Waals surface area contributed by atoms with Crippen LogP contribution in [0.5, 0.6) is 5.75 Å². The maximum atomic E-state index is 12.7. The van der Waals surface area contributed by atoms with Crippen LogP contribution < -0.4 is 10.1 Å². The Bertz CT molecular complexity index is 1260. The zero-order chi connectivity index (χ0) is 25.0. The number of H-pyrrole nitrogens is 1. The number of sulfonamides is 1. The lowest BCUT2D eigenvalue weighted by Gasteiger charge is -2.30. The van der Waals surface area contributed by atoms with E-state index in [1.165, 1.54) is 28.1 Å². The smallest absolute Gasteiger partial charge is 0.291 e. The fraction of sp³-hybridized carbons (Fsp3) is 0.435. The van der Waals surface area contributed by atoms with Gasteiger partial charge in [0.1, 0.15) is 17.4 Å². The number of carbonyl (C=O) groups is 1. The van der Waals surface area contributed by atoms with Crippen LogP contribution in [0.15, 0.2) is 36.0 Å². The zero-order valence-electron chi connectivity index (χ0n) is 20.0. The second-order valence-electron chi connectivity index (χ2n) is 8.79. The summed E-state index contributed by atoms with van der Waals surface area (Å²) in [5.41, 5.74) is 2.19. The van der Waals surface area contributed by atoms with E-state index in [2.05, 4.69) is 15.3 Å². The summed E-state index contributed by atoms with van der Waals surface area (Å²) in [6, 6.07) is 5.49. The molecule has 1 saturated heterocycles. The number of rotatable bonds is 9. The Balaban J connectivity index is 1.60. The number of amides is 1. The molecule has 0 unspecified atom stereocenters. The monoisotopic (exact) mass is 518 g/mol. The summed E-state index contributed by atoms with van der Waals surface area (Å²) >= 11 is 1.46. The van der Waals surface area contributed by atoms with E-state index < -0.39 is 10.0 Å². The molecule has 1 amide bonds. The molecule has 0 spiro atoms. The maximum absolute atomic E-state index is 12.7. The normalized spacial score (nSPS) is 17.0. The van der Waals surface area contributed by atoms with Crippen LogP contribution in [0.2, 0.25) is 0 Å². The minimum Gasteiger partial charge on any atom is -0.492 e. The summed E-state index contributed by atoms with van der Waals surface area (Å²) in [5.74, 6) is 0.565. The molecule has 1 aromatic carbocycles. The van der Waals surface area contributed by atoms with Crippen LogP contribution in [-0.2, 0) is 10.0 Å². The van der Waals surface area contributed by atoms with Crippen molar-refractivity contribution >= 4 is 33.0 Å².